The number of rotatable bonds is 2. The van der Waals surface area contributed by atoms with E-state index in [4.69, 9.17) is 0 Å². The molecule has 1 aliphatic rings. The van der Waals surface area contributed by atoms with Gasteiger partial charge >= 0.3 is 0 Å². The second-order valence-electron chi connectivity index (χ2n) is 5.62. The molecule has 1 aliphatic heterocycles. The predicted octanol–water partition coefficient (Wildman–Crippen LogP) is 3.74. The molecule has 3 nitrogen and oxygen atoms in total. The van der Waals surface area contributed by atoms with Gasteiger partial charge in [0.2, 0.25) is 0 Å². The molecule has 1 aromatic heterocycles. The standard InChI is InChI=1S/C15H21BrN2O/c1-11(2)12-4-3-6-18(7-5-12)15(19)13-8-14(16)10-17-9-13/h8-12H,3-7H2,1-2H3/t12-/m0/s1. The fraction of sp³-hybridized carbons (Fsp3) is 0.600. The molecular weight excluding hydrogens is 304 g/mol. The number of amides is 1. The van der Waals surface area contributed by atoms with Crippen LogP contribution >= 0.6 is 15.9 Å². The molecule has 1 fully saturated rings. The summed E-state index contributed by atoms with van der Waals surface area (Å²) in [6.45, 7) is 6.30. The lowest BCUT2D eigenvalue weighted by atomic mass is 9.89. The Morgan fingerprint density at radius 2 is 2.16 bits per heavy atom. The van der Waals surface area contributed by atoms with Crippen molar-refractivity contribution in [1.29, 1.82) is 0 Å². The molecule has 19 heavy (non-hydrogen) atoms. The van der Waals surface area contributed by atoms with Crippen molar-refractivity contribution in [2.45, 2.75) is 33.1 Å². The van der Waals surface area contributed by atoms with Crippen LogP contribution in [-0.2, 0) is 0 Å². The number of hydrogen-bond donors (Lipinski definition) is 0. The second kappa shape index (κ2) is 6.51. The number of carbonyl (C=O) groups excluding carboxylic acids is 1. The topological polar surface area (TPSA) is 33.2 Å². The smallest absolute Gasteiger partial charge is 0.255 e. The number of nitrogens with zero attached hydrogens (tertiary/aromatic N) is 2. The molecule has 1 aromatic rings. The highest BCUT2D eigenvalue weighted by Gasteiger charge is 2.23. The lowest BCUT2D eigenvalue weighted by Crippen LogP contribution is -2.32. The summed E-state index contributed by atoms with van der Waals surface area (Å²) in [4.78, 5) is 18.5. The van der Waals surface area contributed by atoms with Gasteiger partial charge in [-0.05, 0) is 53.1 Å². The molecule has 0 N–H and O–H groups in total. The molecule has 0 aliphatic carbocycles. The van der Waals surface area contributed by atoms with Crippen molar-refractivity contribution < 1.29 is 4.79 Å². The zero-order valence-corrected chi connectivity index (χ0v) is 13.2. The third kappa shape index (κ3) is 3.78. The Hall–Kier alpha value is -0.900. The van der Waals surface area contributed by atoms with Crippen LogP contribution in [0.5, 0.6) is 0 Å². The molecule has 2 rings (SSSR count). The van der Waals surface area contributed by atoms with E-state index in [0.29, 0.717) is 11.5 Å². The van der Waals surface area contributed by atoms with E-state index in [1.807, 2.05) is 11.0 Å². The molecule has 104 valence electrons. The first-order valence-corrected chi connectivity index (χ1v) is 7.77. The molecule has 0 radical (unpaired) electrons. The van der Waals surface area contributed by atoms with Gasteiger partial charge in [-0.1, -0.05) is 13.8 Å². The fourth-order valence-corrected chi connectivity index (χ4v) is 3.07. The van der Waals surface area contributed by atoms with Crippen molar-refractivity contribution in [3.63, 3.8) is 0 Å². The minimum atomic E-state index is 0.109. The Labute approximate surface area is 123 Å². The van der Waals surface area contributed by atoms with Gasteiger partial charge in [0, 0.05) is 30.0 Å². The van der Waals surface area contributed by atoms with Crippen LogP contribution in [0.2, 0.25) is 0 Å². The Morgan fingerprint density at radius 3 is 2.84 bits per heavy atom. The molecule has 2 heterocycles. The Bertz CT molecular complexity index is 448. The van der Waals surface area contributed by atoms with Crippen molar-refractivity contribution >= 4 is 21.8 Å². The molecule has 1 atom stereocenters. The summed E-state index contributed by atoms with van der Waals surface area (Å²) >= 11 is 3.37. The lowest BCUT2D eigenvalue weighted by molar-refractivity contribution is 0.0758. The number of pyridine rings is 1. The highest BCUT2D eigenvalue weighted by molar-refractivity contribution is 9.10. The van der Waals surface area contributed by atoms with Gasteiger partial charge in [-0.3, -0.25) is 9.78 Å². The first-order valence-electron chi connectivity index (χ1n) is 6.97. The van der Waals surface area contributed by atoms with E-state index in [2.05, 4.69) is 34.8 Å². The molecule has 1 amide bonds. The molecule has 0 unspecified atom stereocenters. The maximum absolute atomic E-state index is 12.4. The maximum Gasteiger partial charge on any atom is 0.255 e. The monoisotopic (exact) mass is 324 g/mol. The molecule has 0 saturated carbocycles. The van der Waals surface area contributed by atoms with Crippen LogP contribution in [0.25, 0.3) is 0 Å². The summed E-state index contributed by atoms with van der Waals surface area (Å²) < 4.78 is 0.855. The molecule has 1 saturated heterocycles. The van der Waals surface area contributed by atoms with Gasteiger partial charge in [0.05, 0.1) is 5.56 Å². The third-order valence-corrected chi connectivity index (χ3v) is 4.39. The quantitative estimate of drug-likeness (QED) is 0.830. The fourth-order valence-electron chi connectivity index (χ4n) is 2.70. The average Bonchev–Trinajstić information content (AvgIpc) is 2.63. The van der Waals surface area contributed by atoms with E-state index < -0.39 is 0 Å². The molecule has 0 spiro atoms. The molecule has 0 bridgehead atoms. The minimum absolute atomic E-state index is 0.109. The summed E-state index contributed by atoms with van der Waals surface area (Å²) in [6.07, 6.45) is 6.81. The van der Waals surface area contributed by atoms with Gasteiger partial charge < -0.3 is 4.90 Å². The van der Waals surface area contributed by atoms with E-state index in [1.54, 1.807) is 12.4 Å². The number of likely N-dealkylation sites (tertiary alicyclic amines) is 1. The second-order valence-corrected chi connectivity index (χ2v) is 6.53. The van der Waals surface area contributed by atoms with Crippen LogP contribution in [0.3, 0.4) is 0 Å². The Morgan fingerprint density at radius 1 is 1.37 bits per heavy atom. The largest absolute Gasteiger partial charge is 0.339 e. The van der Waals surface area contributed by atoms with Gasteiger partial charge in [0.15, 0.2) is 0 Å². The zero-order valence-electron chi connectivity index (χ0n) is 11.6. The SMILES string of the molecule is CC(C)[C@H]1CCCN(C(=O)c2cncc(Br)c2)CC1. The maximum atomic E-state index is 12.4. The summed E-state index contributed by atoms with van der Waals surface area (Å²) in [6, 6.07) is 1.85. The first kappa shape index (κ1) is 14.5. The van der Waals surface area contributed by atoms with Crippen LogP contribution in [0.15, 0.2) is 22.9 Å². The number of carbonyl (C=O) groups is 1. The van der Waals surface area contributed by atoms with Gasteiger partial charge in [0.1, 0.15) is 0 Å². The molecular formula is C15H21BrN2O. The third-order valence-electron chi connectivity index (χ3n) is 3.95. The van der Waals surface area contributed by atoms with E-state index >= 15 is 0 Å². The van der Waals surface area contributed by atoms with Gasteiger partial charge in [-0.25, -0.2) is 0 Å². The van der Waals surface area contributed by atoms with Crippen LogP contribution in [-0.4, -0.2) is 28.9 Å². The summed E-state index contributed by atoms with van der Waals surface area (Å²) in [5.74, 6) is 1.57. The zero-order chi connectivity index (χ0) is 13.8. The number of halogens is 1. The van der Waals surface area contributed by atoms with Crippen molar-refractivity contribution in [2.24, 2.45) is 11.8 Å². The summed E-state index contributed by atoms with van der Waals surface area (Å²) in [7, 11) is 0. The highest BCUT2D eigenvalue weighted by atomic mass is 79.9. The van der Waals surface area contributed by atoms with Crippen LogP contribution < -0.4 is 0 Å². The Balaban J connectivity index is 2.04. The summed E-state index contributed by atoms with van der Waals surface area (Å²) in [5, 5.41) is 0. The van der Waals surface area contributed by atoms with Gasteiger partial charge in [0.25, 0.3) is 5.91 Å². The van der Waals surface area contributed by atoms with E-state index in [-0.39, 0.29) is 5.91 Å². The number of hydrogen-bond acceptors (Lipinski definition) is 2. The lowest BCUT2D eigenvalue weighted by Gasteiger charge is -2.21. The van der Waals surface area contributed by atoms with E-state index in [9.17, 15) is 4.79 Å². The van der Waals surface area contributed by atoms with Crippen LogP contribution in [0.4, 0.5) is 0 Å². The normalized spacial score (nSPS) is 20.4. The van der Waals surface area contributed by atoms with Gasteiger partial charge in [-0.2, -0.15) is 0 Å². The Kier molecular flexibility index (Phi) is 4.97. The highest BCUT2D eigenvalue weighted by Crippen LogP contribution is 2.25. The van der Waals surface area contributed by atoms with Crippen LogP contribution in [0, 0.1) is 11.8 Å². The first-order chi connectivity index (χ1) is 9.08. The van der Waals surface area contributed by atoms with Crippen molar-refractivity contribution in [3.8, 4) is 0 Å². The van der Waals surface area contributed by atoms with Gasteiger partial charge in [-0.15, -0.1) is 0 Å². The molecule has 4 heteroatoms. The molecule has 0 aromatic carbocycles. The van der Waals surface area contributed by atoms with E-state index in [1.165, 1.54) is 6.42 Å². The van der Waals surface area contributed by atoms with E-state index in [0.717, 1.165) is 36.3 Å². The average molecular weight is 325 g/mol. The van der Waals surface area contributed by atoms with Crippen molar-refractivity contribution in [1.82, 2.24) is 9.88 Å². The minimum Gasteiger partial charge on any atom is -0.339 e. The van der Waals surface area contributed by atoms with Crippen molar-refractivity contribution in [2.75, 3.05) is 13.1 Å². The summed E-state index contributed by atoms with van der Waals surface area (Å²) in [5.41, 5.74) is 0.678. The van der Waals surface area contributed by atoms with Crippen LogP contribution in [0.1, 0.15) is 43.5 Å². The number of aromatic nitrogens is 1. The van der Waals surface area contributed by atoms with Crippen molar-refractivity contribution in [3.05, 3.63) is 28.5 Å². The predicted molar refractivity (Wildman–Crippen MR) is 80.0 cm³/mol.